The van der Waals surface area contributed by atoms with E-state index in [9.17, 15) is 38.6 Å². The summed E-state index contributed by atoms with van der Waals surface area (Å²) in [6, 6.07) is 4.29. The highest BCUT2D eigenvalue weighted by atomic mass is 33.2. The van der Waals surface area contributed by atoms with E-state index in [0.717, 1.165) is 12.1 Å². The van der Waals surface area contributed by atoms with Crippen molar-refractivity contribution in [3.63, 3.8) is 0 Å². The smallest absolute Gasteiger partial charge is 0.379 e. The maximum Gasteiger partial charge on any atom is 0.379 e. The Morgan fingerprint density at radius 1 is 1.05 bits per heavy atom. The van der Waals surface area contributed by atoms with Crippen molar-refractivity contribution in [2.24, 2.45) is 0 Å². The second kappa shape index (κ2) is 5.81. The van der Waals surface area contributed by atoms with Crippen molar-refractivity contribution in [3.05, 3.63) is 29.8 Å². The molecule has 0 heterocycles. The average molecular weight is 379 g/mol. The van der Waals surface area contributed by atoms with Crippen LogP contribution in [0.3, 0.4) is 0 Å². The highest BCUT2D eigenvalue weighted by Crippen LogP contribution is 2.25. The zero-order valence-corrected chi connectivity index (χ0v) is 13.2. The molecular formula is C9H9F2O8S3-. The van der Waals surface area contributed by atoms with Crippen LogP contribution in [0.1, 0.15) is 5.56 Å². The molecule has 1 rings (SSSR count). The summed E-state index contributed by atoms with van der Waals surface area (Å²) in [5.74, 6) is 0. The van der Waals surface area contributed by atoms with Gasteiger partial charge in [-0.2, -0.15) is 17.2 Å². The number of benzene rings is 1. The second-order valence-corrected chi connectivity index (χ2v) is 10.5. The zero-order valence-electron chi connectivity index (χ0n) is 10.8. The van der Waals surface area contributed by atoms with Gasteiger partial charge in [0.1, 0.15) is 6.61 Å². The van der Waals surface area contributed by atoms with Crippen LogP contribution in [-0.4, -0.2) is 41.7 Å². The molecule has 0 aliphatic heterocycles. The highest BCUT2D eigenvalue weighted by Gasteiger charge is 2.43. The van der Waals surface area contributed by atoms with Crippen LogP contribution < -0.4 is 0 Å². The summed E-state index contributed by atoms with van der Waals surface area (Å²) >= 11 is 0. The average Bonchev–Trinajstić information content (AvgIpc) is 2.35. The minimum absolute atomic E-state index is 0.598. The van der Waals surface area contributed by atoms with Crippen molar-refractivity contribution >= 4 is 28.1 Å². The molecule has 8 nitrogen and oxygen atoms in total. The predicted molar refractivity (Wildman–Crippen MR) is 67.9 cm³/mol. The Morgan fingerprint density at radius 2 is 1.50 bits per heavy atom. The molecule has 0 radical (unpaired) electrons. The van der Waals surface area contributed by atoms with Crippen LogP contribution in [0.5, 0.6) is 0 Å². The molecule has 126 valence electrons. The maximum atomic E-state index is 12.8. The van der Waals surface area contributed by atoms with Crippen molar-refractivity contribution in [2.75, 3.05) is 6.61 Å². The third-order valence-electron chi connectivity index (χ3n) is 2.32. The molecule has 0 amide bonds. The summed E-state index contributed by atoms with van der Waals surface area (Å²) in [6.45, 7) is -0.854. The molecule has 0 aliphatic rings. The summed E-state index contributed by atoms with van der Waals surface area (Å²) < 4.78 is 106. The van der Waals surface area contributed by atoms with Crippen molar-refractivity contribution in [2.45, 2.75) is 17.1 Å². The number of hydrogen-bond acceptors (Lipinski definition) is 8. The largest absolute Gasteiger partial charge is 0.743 e. The Balaban J connectivity index is 3.12. The van der Waals surface area contributed by atoms with E-state index in [1.807, 2.05) is 0 Å². The third-order valence-corrected chi connectivity index (χ3v) is 7.44. The molecule has 1 aromatic rings. The SMILES string of the molecule is Cc1ccc(S(=O)(=O)S(=O)(=O)OCC(F)(F)S(=O)(=O)[O-])cc1. The van der Waals surface area contributed by atoms with Crippen LogP contribution in [0.2, 0.25) is 0 Å². The van der Waals surface area contributed by atoms with E-state index in [4.69, 9.17) is 0 Å². The molecule has 0 saturated heterocycles. The van der Waals surface area contributed by atoms with E-state index in [0.29, 0.717) is 5.56 Å². The third kappa shape index (κ3) is 3.78. The topological polar surface area (TPSA) is 135 Å². The van der Waals surface area contributed by atoms with Crippen LogP contribution in [0.4, 0.5) is 8.78 Å². The molecule has 0 bridgehead atoms. The van der Waals surface area contributed by atoms with Gasteiger partial charge in [0.15, 0.2) is 10.1 Å². The summed E-state index contributed by atoms with van der Waals surface area (Å²) in [6.07, 6.45) is 0. The van der Waals surface area contributed by atoms with Crippen LogP contribution in [0, 0.1) is 6.92 Å². The van der Waals surface area contributed by atoms with Crippen molar-refractivity contribution < 1.29 is 42.8 Å². The van der Waals surface area contributed by atoms with Crippen LogP contribution in [0.25, 0.3) is 0 Å². The molecule has 0 saturated carbocycles. The van der Waals surface area contributed by atoms with E-state index >= 15 is 0 Å². The number of rotatable bonds is 6. The minimum atomic E-state index is -6.21. The normalized spacial score (nSPS) is 14.0. The van der Waals surface area contributed by atoms with Crippen LogP contribution in [0.15, 0.2) is 29.2 Å². The Labute approximate surface area is 124 Å². The molecule has 0 unspecified atom stereocenters. The van der Waals surface area contributed by atoms with Crippen molar-refractivity contribution in [3.8, 4) is 0 Å². The Morgan fingerprint density at radius 3 is 1.91 bits per heavy atom. The standard InChI is InChI=1S/C9H10F2O8S3/c1-7-2-4-8(5-3-7)20(12,13)22(17,18)19-6-9(10,11)21(14,15)16/h2-5H,6H2,1H3,(H,14,15,16)/p-1. The second-order valence-electron chi connectivity index (χ2n) is 4.03. The Hall–Kier alpha value is -1.15. The summed E-state index contributed by atoms with van der Waals surface area (Å²) in [4.78, 5) is -0.758. The van der Waals surface area contributed by atoms with Gasteiger partial charge in [-0.15, -0.1) is 0 Å². The van der Waals surface area contributed by atoms with Crippen LogP contribution >= 0.6 is 0 Å². The first kappa shape index (κ1) is 18.9. The van der Waals surface area contributed by atoms with Gasteiger partial charge in [0.25, 0.3) is 0 Å². The fourth-order valence-corrected chi connectivity index (χ4v) is 4.07. The predicted octanol–water partition coefficient (Wildman–Crippen LogP) is 0.168. The first-order valence-corrected chi connectivity index (χ1v) is 10.1. The number of aryl methyl sites for hydroxylation is 1. The zero-order chi connectivity index (χ0) is 17.4. The molecule has 22 heavy (non-hydrogen) atoms. The molecule has 0 N–H and O–H groups in total. The summed E-state index contributed by atoms with van der Waals surface area (Å²) in [7, 11) is -17.0. The lowest BCUT2D eigenvalue weighted by Crippen LogP contribution is -2.35. The van der Waals surface area contributed by atoms with E-state index in [1.54, 1.807) is 6.92 Å². The monoisotopic (exact) mass is 379 g/mol. The molecule has 0 aromatic heterocycles. The molecule has 13 heteroatoms. The van der Waals surface area contributed by atoms with E-state index in [-0.39, 0.29) is 0 Å². The van der Waals surface area contributed by atoms with Gasteiger partial charge in [-0.3, -0.25) is 4.18 Å². The van der Waals surface area contributed by atoms with Gasteiger partial charge in [0.05, 0.1) is 4.90 Å². The van der Waals surface area contributed by atoms with Crippen molar-refractivity contribution in [1.82, 2.24) is 0 Å². The van der Waals surface area contributed by atoms with Crippen LogP contribution in [-0.2, 0) is 32.3 Å². The molecule has 0 spiro atoms. The maximum absolute atomic E-state index is 12.8. The van der Waals surface area contributed by atoms with Gasteiger partial charge in [-0.25, -0.2) is 16.8 Å². The lowest BCUT2D eigenvalue weighted by atomic mass is 10.2. The van der Waals surface area contributed by atoms with E-state index in [2.05, 4.69) is 4.18 Å². The van der Waals surface area contributed by atoms with Gasteiger partial charge in [-0.1, -0.05) is 17.7 Å². The lowest BCUT2D eigenvalue weighted by molar-refractivity contribution is 0.0314. The van der Waals surface area contributed by atoms with Crippen molar-refractivity contribution in [1.29, 1.82) is 0 Å². The van der Waals surface area contributed by atoms with Gasteiger partial charge in [-0.05, 0) is 19.1 Å². The molecule has 0 aliphatic carbocycles. The van der Waals surface area contributed by atoms with E-state index < -0.39 is 44.9 Å². The molecule has 1 aromatic carbocycles. The first-order chi connectivity index (χ1) is 9.71. The fraction of sp³-hybridized carbons (Fsp3) is 0.333. The van der Waals surface area contributed by atoms with Gasteiger partial charge in [0, 0.05) is 0 Å². The highest BCUT2D eigenvalue weighted by molar-refractivity contribution is 8.65. The fourth-order valence-electron chi connectivity index (χ4n) is 1.10. The number of halogens is 2. The lowest BCUT2D eigenvalue weighted by Gasteiger charge is -2.19. The quantitative estimate of drug-likeness (QED) is 0.504. The van der Waals surface area contributed by atoms with Gasteiger partial charge >= 0.3 is 23.3 Å². The van der Waals surface area contributed by atoms with E-state index in [1.165, 1.54) is 12.1 Å². The Kier molecular flexibility index (Phi) is 4.99. The summed E-state index contributed by atoms with van der Waals surface area (Å²) in [5.41, 5.74) is 0.598. The number of alkyl halides is 2. The first-order valence-electron chi connectivity index (χ1n) is 5.25. The minimum Gasteiger partial charge on any atom is -0.743 e. The van der Waals surface area contributed by atoms with Gasteiger partial charge in [0.2, 0.25) is 0 Å². The Bertz CT molecular complexity index is 854. The van der Waals surface area contributed by atoms with Gasteiger partial charge < -0.3 is 4.55 Å². The summed E-state index contributed by atoms with van der Waals surface area (Å²) in [5, 5.41) is -5.09. The molecule has 0 atom stereocenters. The number of hydrogen-bond donors (Lipinski definition) is 0. The molecule has 0 fully saturated rings. The molecular weight excluding hydrogens is 370 g/mol.